The number of rotatable bonds is 3. The number of carbonyl (C=O) groups is 1. The van der Waals surface area contributed by atoms with E-state index in [4.69, 9.17) is 0 Å². The first-order chi connectivity index (χ1) is 11.7. The van der Waals surface area contributed by atoms with Gasteiger partial charge in [-0.15, -0.1) is 0 Å². The molecule has 0 aliphatic carbocycles. The second kappa shape index (κ2) is 5.77. The number of pyridine rings is 2. The quantitative estimate of drug-likeness (QED) is 0.583. The summed E-state index contributed by atoms with van der Waals surface area (Å²) in [5.41, 5.74) is 2.53. The van der Waals surface area contributed by atoms with Crippen LogP contribution in [-0.4, -0.2) is 32.5 Å². The van der Waals surface area contributed by atoms with Gasteiger partial charge < -0.3 is 4.90 Å². The number of amides is 1. The fourth-order valence-corrected chi connectivity index (χ4v) is 2.96. The highest BCUT2D eigenvalue weighted by Crippen LogP contribution is 2.20. The number of benzene rings is 1. The van der Waals surface area contributed by atoms with Gasteiger partial charge in [-0.2, -0.15) is 5.10 Å². The standard InChI is InChI=1S/C19H16N4O/c1-22(13-15-6-4-5-14-11-20-9-8-16(14)15)19(24)17-12-21-23-10-3-2-7-18(17)23/h2-12H,13H2,1H3. The van der Waals surface area contributed by atoms with Crippen LogP contribution in [0.15, 0.2) is 67.3 Å². The molecule has 0 aliphatic heterocycles. The van der Waals surface area contributed by atoms with E-state index in [0.717, 1.165) is 21.9 Å². The smallest absolute Gasteiger partial charge is 0.257 e. The molecule has 5 heteroatoms. The molecule has 1 aromatic carbocycles. The third kappa shape index (κ3) is 2.40. The average molecular weight is 316 g/mol. The van der Waals surface area contributed by atoms with Crippen LogP contribution in [0, 0.1) is 0 Å². The van der Waals surface area contributed by atoms with E-state index >= 15 is 0 Å². The fraction of sp³-hybridized carbons (Fsp3) is 0.105. The molecule has 4 aromatic rings. The highest BCUT2D eigenvalue weighted by molar-refractivity contribution is 6.00. The molecule has 0 bridgehead atoms. The maximum absolute atomic E-state index is 12.8. The van der Waals surface area contributed by atoms with E-state index in [0.29, 0.717) is 12.1 Å². The highest BCUT2D eigenvalue weighted by Gasteiger charge is 2.17. The van der Waals surface area contributed by atoms with Crippen LogP contribution in [0.25, 0.3) is 16.3 Å². The van der Waals surface area contributed by atoms with Gasteiger partial charge in [-0.1, -0.05) is 24.3 Å². The lowest BCUT2D eigenvalue weighted by Gasteiger charge is -2.18. The minimum absolute atomic E-state index is 0.0396. The molecular weight excluding hydrogens is 300 g/mol. The molecule has 0 spiro atoms. The zero-order valence-corrected chi connectivity index (χ0v) is 13.3. The van der Waals surface area contributed by atoms with Gasteiger partial charge in [-0.25, -0.2) is 4.52 Å². The molecule has 118 valence electrons. The summed E-state index contributed by atoms with van der Waals surface area (Å²) < 4.78 is 1.71. The van der Waals surface area contributed by atoms with Crippen molar-refractivity contribution in [1.82, 2.24) is 19.5 Å². The van der Waals surface area contributed by atoms with Crippen molar-refractivity contribution >= 4 is 22.2 Å². The summed E-state index contributed by atoms with van der Waals surface area (Å²) in [6.45, 7) is 0.532. The molecule has 5 nitrogen and oxygen atoms in total. The van der Waals surface area contributed by atoms with E-state index in [1.807, 2.05) is 61.9 Å². The molecule has 24 heavy (non-hydrogen) atoms. The predicted molar refractivity (Wildman–Crippen MR) is 92.7 cm³/mol. The number of hydrogen-bond donors (Lipinski definition) is 0. The van der Waals surface area contributed by atoms with Crippen molar-refractivity contribution in [3.8, 4) is 0 Å². The van der Waals surface area contributed by atoms with E-state index in [1.165, 1.54) is 0 Å². The molecule has 0 radical (unpaired) electrons. The molecular formula is C19H16N4O. The predicted octanol–water partition coefficient (Wildman–Crippen LogP) is 3.15. The maximum Gasteiger partial charge on any atom is 0.257 e. The molecule has 3 heterocycles. The number of carbonyl (C=O) groups excluding carboxylic acids is 1. The lowest BCUT2D eigenvalue weighted by atomic mass is 10.1. The Morgan fingerprint density at radius 1 is 1.12 bits per heavy atom. The van der Waals surface area contributed by atoms with Crippen molar-refractivity contribution in [3.63, 3.8) is 0 Å². The molecule has 0 fully saturated rings. The fourth-order valence-electron chi connectivity index (χ4n) is 2.96. The van der Waals surface area contributed by atoms with Crippen molar-refractivity contribution in [3.05, 3.63) is 78.4 Å². The van der Waals surface area contributed by atoms with Gasteiger partial charge >= 0.3 is 0 Å². The Bertz CT molecular complexity index is 1030. The Hall–Kier alpha value is -3.21. The normalized spacial score (nSPS) is 11.0. The molecule has 0 saturated carbocycles. The van der Waals surface area contributed by atoms with E-state index in [1.54, 1.807) is 21.8 Å². The first kappa shape index (κ1) is 14.4. The lowest BCUT2D eigenvalue weighted by molar-refractivity contribution is 0.0787. The van der Waals surface area contributed by atoms with Gasteiger partial charge in [0, 0.05) is 37.6 Å². The average Bonchev–Trinajstić information content (AvgIpc) is 3.05. The van der Waals surface area contributed by atoms with Crippen LogP contribution in [0.2, 0.25) is 0 Å². The van der Waals surface area contributed by atoms with Crippen molar-refractivity contribution in [2.75, 3.05) is 7.05 Å². The largest absolute Gasteiger partial charge is 0.337 e. The minimum atomic E-state index is -0.0396. The van der Waals surface area contributed by atoms with Gasteiger partial charge in [-0.3, -0.25) is 9.78 Å². The van der Waals surface area contributed by atoms with Crippen LogP contribution in [0.4, 0.5) is 0 Å². The van der Waals surface area contributed by atoms with Crippen LogP contribution in [-0.2, 0) is 6.54 Å². The van der Waals surface area contributed by atoms with Crippen molar-refractivity contribution in [2.24, 2.45) is 0 Å². The molecule has 1 amide bonds. The Kier molecular flexibility index (Phi) is 3.46. The summed E-state index contributed by atoms with van der Waals surface area (Å²) in [5.74, 6) is -0.0396. The summed E-state index contributed by atoms with van der Waals surface area (Å²) in [6, 6.07) is 13.7. The Balaban J connectivity index is 1.66. The molecule has 0 saturated heterocycles. The summed E-state index contributed by atoms with van der Waals surface area (Å²) in [6.07, 6.45) is 7.08. The van der Waals surface area contributed by atoms with Crippen LogP contribution < -0.4 is 0 Å². The van der Waals surface area contributed by atoms with E-state index in [-0.39, 0.29) is 5.91 Å². The molecule has 3 aromatic heterocycles. The van der Waals surface area contributed by atoms with Gasteiger partial charge in [0.2, 0.25) is 0 Å². The van der Waals surface area contributed by atoms with Crippen LogP contribution >= 0.6 is 0 Å². The van der Waals surface area contributed by atoms with Gasteiger partial charge in [0.25, 0.3) is 5.91 Å². The van der Waals surface area contributed by atoms with Gasteiger partial charge in [0.1, 0.15) is 0 Å². The summed E-state index contributed by atoms with van der Waals surface area (Å²) >= 11 is 0. The Morgan fingerprint density at radius 2 is 2.04 bits per heavy atom. The molecule has 0 aliphatic rings. The highest BCUT2D eigenvalue weighted by atomic mass is 16.2. The summed E-state index contributed by atoms with van der Waals surface area (Å²) in [4.78, 5) is 18.7. The van der Waals surface area contributed by atoms with Gasteiger partial charge in [-0.05, 0) is 29.1 Å². The summed E-state index contributed by atoms with van der Waals surface area (Å²) in [7, 11) is 1.81. The lowest BCUT2D eigenvalue weighted by Crippen LogP contribution is -2.26. The van der Waals surface area contributed by atoms with Gasteiger partial charge in [0.05, 0.1) is 17.3 Å². The topological polar surface area (TPSA) is 50.5 Å². The third-order valence-corrected chi connectivity index (χ3v) is 4.18. The maximum atomic E-state index is 12.8. The van der Waals surface area contributed by atoms with Crippen LogP contribution in [0.1, 0.15) is 15.9 Å². The number of hydrogen-bond acceptors (Lipinski definition) is 3. The molecule has 4 rings (SSSR count). The Labute approximate surface area is 139 Å². The van der Waals surface area contributed by atoms with Crippen LogP contribution in [0.3, 0.4) is 0 Å². The SMILES string of the molecule is CN(Cc1cccc2cnccc12)C(=O)c1cnn2ccccc12. The Morgan fingerprint density at radius 3 is 2.96 bits per heavy atom. The van der Waals surface area contributed by atoms with E-state index < -0.39 is 0 Å². The molecule has 0 unspecified atom stereocenters. The van der Waals surface area contributed by atoms with Gasteiger partial charge in [0.15, 0.2) is 0 Å². The second-order valence-corrected chi connectivity index (χ2v) is 5.76. The molecule has 0 N–H and O–H groups in total. The van der Waals surface area contributed by atoms with Crippen molar-refractivity contribution < 1.29 is 4.79 Å². The van der Waals surface area contributed by atoms with E-state index in [9.17, 15) is 4.79 Å². The van der Waals surface area contributed by atoms with Crippen molar-refractivity contribution in [2.45, 2.75) is 6.54 Å². The molecule has 0 atom stereocenters. The monoisotopic (exact) mass is 316 g/mol. The number of aromatic nitrogens is 3. The first-order valence-corrected chi connectivity index (χ1v) is 7.73. The third-order valence-electron chi connectivity index (χ3n) is 4.18. The van der Waals surface area contributed by atoms with E-state index in [2.05, 4.69) is 10.1 Å². The summed E-state index contributed by atoms with van der Waals surface area (Å²) in [5, 5.41) is 6.43. The minimum Gasteiger partial charge on any atom is -0.337 e. The first-order valence-electron chi connectivity index (χ1n) is 7.73. The zero-order valence-electron chi connectivity index (χ0n) is 13.3. The second-order valence-electron chi connectivity index (χ2n) is 5.76. The zero-order chi connectivity index (χ0) is 16.5. The van der Waals surface area contributed by atoms with Crippen LogP contribution in [0.5, 0.6) is 0 Å². The number of nitrogens with zero attached hydrogens (tertiary/aromatic N) is 4. The number of fused-ring (bicyclic) bond motifs is 2. The van der Waals surface area contributed by atoms with Crippen molar-refractivity contribution in [1.29, 1.82) is 0 Å².